The van der Waals surface area contributed by atoms with E-state index in [1.807, 2.05) is 11.9 Å². The summed E-state index contributed by atoms with van der Waals surface area (Å²) in [5.41, 5.74) is 5.31. The zero-order valence-electron chi connectivity index (χ0n) is 10.7. The van der Waals surface area contributed by atoms with E-state index in [2.05, 4.69) is 6.92 Å². The summed E-state index contributed by atoms with van der Waals surface area (Å²) in [5.74, 6) is 0.843. The van der Waals surface area contributed by atoms with Crippen LogP contribution in [0, 0.1) is 11.3 Å². The van der Waals surface area contributed by atoms with Crippen molar-refractivity contribution in [1.29, 1.82) is 0 Å². The van der Waals surface area contributed by atoms with Crippen molar-refractivity contribution < 1.29 is 4.79 Å². The largest absolute Gasteiger partial charge is 0.392 e. The standard InChI is InChI=1S/C13H22N2OS/c1-9(10-5-6-10)15(2)12(16)13(11(14)17)7-3-4-8-13/h9-10H,3-8H2,1-2H3,(H2,14,17). The second-order valence-corrected chi connectivity index (χ2v) is 6.09. The normalized spacial score (nSPS) is 24.4. The van der Waals surface area contributed by atoms with Crippen LogP contribution in [-0.4, -0.2) is 28.9 Å². The van der Waals surface area contributed by atoms with Crippen molar-refractivity contribution in [2.45, 2.75) is 51.5 Å². The molecule has 0 aromatic rings. The number of hydrogen-bond donors (Lipinski definition) is 1. The third-order valence-electron chi connectivity index (χ3n) is 4.57. The van der Waals surface area contributed by atoms with Crippen molar-refractivity contribution in [3.63, 3.8) is 0 Å². The van der Waals surface area contributed by atoms with Gasteiger partial charge in [0.15, 0.2) is 0 Å². The van der Waals surface area contributed by atoms with Crippen molar-refractivity contribution >= 4 is 23.1 Å². The molecule has 2 rings (SSSR count). The van der Waals surface area contributed by atoms with E-state index in [1.54, 1.807) is 0 Å². The molecule has 0 spiro atoms. The van der Waals surface area contributed by atoms with E-state index in [4.69, 9.17) is 18.0 Å². The number of thiocarbonyl (C=S) groups is 1. The van der Waals surface area contributed by atoms with Gasteiger partial charge in [0.1, 0.15) is 0 Å². The minimum atomic E-state index is -0.534. The molecule has 0 aliphatic heterocycles. The number of carbonyl (C=O) groups is 1. The van der Waals surface area contributed by atoms with Crippen LogP contribution in [0.15, 0.2) is 0 Å². The number of rotatable bonds is 4. The Morgan fingerprint density at radius 3 is 2.35 bits per heavy atom. The molecule has 0 bridgehead atoms. The lowest BCUT2D eigenvalue weighted by atomic mass is 9.84. The highest BCUT2D eigenvalue weighted by molar-refractivity contribution is 7.80. The van der Waals surface area contributed by atoms with E-state index < -0.39 is 5.41 Å². The summed E-state index contributed by atoms with van der Waals surface area (Å²) in [4.78, 5) is 14.9. The van der Waals surface area contributed by atoms with Crippen LogP contribution in [0.3, 0.4) is 0 Å². The third-order valence-corrected chi connectivity index (χ3v) is 4.96. The van der Waals surface area contributed by atoms with Gasteiger partial charge in [0.2, 0.25) is 5.91 Å². The first-order chi connectivity index (χ1) is 7.99. The van der Waals surface area contributed by atoms with E-state index in [0.717, 1.165) is 25.7 Å². The van der Waals surface area contributed by atoms with Crippen LogP contribution in [-0.2, 0) is 4.79 Å². The van der Waals surface area contributed by atoms with Crippen molar-refractivity contribution in [3.8, 4) is 0 Å². The Hall–Kier alpha value is -0.640. The van der Waals surface area contributed by atoms with Crippen molar-refractivity contribution in [2.75, 3.05) is 7.05 Å². The minimum Gasteiger partial charge on any atom is -0.392 e. The fourth-order valence-electron chi connectivity index (χ4n) is 2.96. The zero-order chi connectivity index (χ0) is 12.6. The molecule has 0 saturated heterocycles. The fraction of sp³-hybridized carbons (Fsp3) is 0.846. The smallest absolute Gasteiger partial charge is 0.235 e. The van der Waals surface area contributed by atoms with Crippen LogP contribution in [0.25, 0.3) is 0 Å². The molecule has 1 amide bonds. The number of hydrogen-bond acceptors (Lipinski definition) is 2. The molecule has 2 aliphatic carbocycles. The molecule has 3 nitrogen and oxygen atoms in total. The van der Waals surface area contributed by atoms with Crippen molar-refractivity contribution in [2.24, 2.45) is 17.1 Å². The van der Waals surface area contributed by atoms with Crippen LogP contribution in [0.5, 0.6) is 0 Å². The Kier molecular flexibility index (Phi) is 3.43. The van der Waals surface area contributed by atoms with E-state index in [9.17, 15) is 4.79 Å². The first-order valence-corrected chi connectivity index (χ1v) is 6.97. The van der Waals surface area contributed by atoms with E-state index in [0.29, 0.717) is 16.9 Å². The maximum atomic E-state index is 12.6. The Labute approximate surface area is 109 Å². The molecular formula is C13H22N2OS. The van der Waals surface area contributed by atoms with Gasteiger partial charge in [-0.05, 0) is 38.5 Å². The van der Waals surface area contributed by atoms with Gasteiger partial charge in [0.25, 0.3) is 0 Å². The Bertz CT molecular complexity index is 332. The van der Waals surface area contributed by atoms with Crippen molar-refractivity contribution in [3.05, 3.63) is 0 Å². The predicted octanol–water partition coefficient (Wildman–Crippen LogP) is 2.09. The Morgan fingerprint density at radius 1 is 1.41 bits per heavy atom. The first-order valence-electron chi connectivity index (χ1n) is 6.56. The highest BCUT2D eigenvalue weighted by Crippen LogP contribution is 2.42. The monoisotopic (exact) mass is 254 g/mol. The topological polar surface area (TPSA) is 46.3 Å². The number of nitrogens with two attached hydrogens (primary N) is 1. The van der Waals surface area contributed by atoms with Gasteiger partial charge in [-0.25, -0.2) is 0 Å². The predicted molar refractivity (Wildman–Crippen MR) is 72.6 cm³/mol. The Balaban J connectivity index is 2.13. The van der Waals surface area contributed by atoms with E-state index in [-0.39, 0.29) is 5.91 Å². The van der Waals surface area contributed by atoms with Gasteiger partial charge >= 0.3 is 0 Å². The van der Waals surface area contributed by atoms with Gasteiger partial charge in [0, 0.05) is 13.1 Å². The molecule has 0 radical (unpaired) electrons. The van der Waals surface area contributed by atoms with Gasteiger partial charge in [0.05, 0.1) is 10.4 Å². The maximum absolute atomic E-state index is 12.6. The van der Waals surface area contributed by atoms with Crippen LogP contribution < -0.4 is 5.73 Å². The maximum Gasteiger partial charge on any atom is 0.235 e. The first kappa shape index (κ1) is 12.8. The zero-order valence-corrected chi connectivity index (χ0v) is 11.6. The van der Waals surface area contributed by atoms with E-state index in [1.165, 1.54) is 12.8 Å². The molecule has 0 aromatic carbocycles. The van der Waals surface area contributed by atoms with Crippen LogP contribution in [0.1, 0.15) is 45.4 Å². The van der Waals surface area contributed by atoms with Gasteiger partial charge in [-0.15, -0.1) is 0 Å². The molecule has 2 aliphatic rings. The van der Waals surface area contributed by atoms with Gasteiger partial charge in [-0.1, -0.05) is 25.1 Å². The summed E-state index contributed by atoms with van der Waals surface area (Å²) in [6.07, 6.45) is 6.30. The summed E-state index contributed by atoms with van der Waals surface area (Å²) in [5, 5.41) is 0. The molecule has 2 fully saturated rings. The number of carbonyl (C=O) groups excluding carboxylic acids is 1. The summed E-state index contributed by atoms with van der Waals surface area (Å²) in [7, 11) is 1.91. The van der Waals surface area contributed by atoms with Gasteiger partial charge in [-0.3, -0.25) is 4.79 Å². The highest BCUT2D eigenvalue weighted by atomic mass is 32.1. The van der Waals surface area contributed by atoms with E-state index >= 15 is 0 Å². The molecule has 0 aromatic heterocycles. The summed E-state index contributed by atoms with van der Waals surface area (Å²) in [6.45, 7) is 2.14. The quantitative estimate of drug-likeness (QED) is 0.781. The van der Waals surface area contributed by atoms with Crippen LogP contribution in [0.2, 0.25) is 0 Å². The lowest BCUT2D eigenvalue weighted by Crippen LogP contribution is -2.50. The molecule has 2 N–H and O–H groups in total. The summed E-state index contributed by atoms with van der Waals surface area (Å²) < 4.78 is 0. The average molecular weight is 254 g/mol. The van der Waals surface area contributed by atoms with Crippen molar-refractivity contribution in [1.82, 2.24) is 4.90 Å². The highest BCUT2D eigenvalue weighted by Gasteiger charge is 2.47. The average Bonchev–Trinajstić information content (AvgIpc) is 3.03. The van der Waals surface area contributed by atoms with Crippen LogP contribution >= 0.6 is 12.2 Å². The number of amides is 1. The molecule has 96 valence electrons. The molecule has 2 saturated carbocycles. The molecule has 1 atom stereocenters. The fourth-order valence-corrected chi connectivity index (χ4v) is 3.25. The third kappa shape index (κ3) is 2.19. The number of nitrogens with zero attached hydrogens (tertiary/aromatic N) is 1. The van der Waals surface area contributed by atoms with Gasteiger partial charge < -0.3 is 10.6 Å². The second kappa shape index (κ2) is 4.56. The molecule has 4 heteroatoms. The SMILES string of the molecule is CC(C1CC1)N(C)C(=O)C1(C(N)=S)CCCC1. The lowest BCUT2D eigenvalue weighted by molar-refractivity contribution is -0.139. The second-order valence-electron chi connectivity index (χ2n) is 5.65. The Morgan fingerprint density at radius 2 is 1.94 bits per heavy atom. The molecule has 17 heavy (non-hydrogen) atoms. The molecular weight excluding hydrogens is 232 g/mol. The van der Waals surface area contributed by atoms with Crippen LogP contribution in [0.4, 0.5) is 0 Å². The summed E-state index contributed by atoms with van der Waals surface area (Å²) in [6, 6.07) is 0.328. The molecule has 0 heterocycles. The summed E-state index contributed by atoms with van der Waals surface area (Å²) >= 11 is 5.16. The lowest BCUT2D eigenvalue weighted by Gasteiger charge is -2.35. The minimum absolute atomic E-state index is 0.155. The van der Waals surface area contributed by atoms with Gasteiger partial charge in [-0.2, -0.15) is 0 Å². The molecule has 1 unspecified atom stereocenters.